The quantitative estimate of drug-likeness (QED) is 0.697. The molecule has 0 aliphatic carbocycles. The number of aromatic nitrogens is 1. The highest BCUT2D eigenvalue weighted by Crippen LogP contribution is 2.22. The van der Waals surface area contributed by atoms with Crippen LogP contribution in [0.3, 0.4) is 0 Å². The molecule has 2 nitrogen and oxygen atoms in total. The second-order valence-electron chi connectivity index (χ2n) is 4.55. The van der Waals surface area contributed by atoms with Gasteiger partial charge in [-0.25, -0.2) is 0 Å². The Balaban J connectivity index is 1.75. The summed E-state index contributed by atoms with van der Waals surface area (Å²) in [5.41, 5.74) is 3.36. The summed E-state index contributed by atoms with van der Waals surface area (Å²) in [6.07, 6.45) is 3.60. The molecule has 0 atom stereocenters. The van der Waals surface area contributed by atoms with Crippen molar-refractivity contribution in [2.45, 2.75) is 6.61 Å². The minimum Gasteiger partial charge on any atom is -0.487 e. The summed E-state index contributed by atoms with van der Waals surface area (Å²) in [5, 5.41) is 0. The molecule has 0 unspecified atom stereocenters. The van der Waals surface area contributed by atoms with Crippen LogP contribution in [-0.4, -0.2) is 4.98 Å². The van der Waals surface area contributed by atoms with Crippen molar-refractivity contribution in [2.75, 3.05) is 0 Å². The fourth-order valence-corrected chi connectivity index (χ4v) is 2.03. The fourth-order valence-electron chi connectivity index (χ4n) is 2.03. The molecule has 0 radical (unpaired) electrons. The second-order valence-corrected chi connectivity index (χ2v) is 4.55. The molecule has 2 heteroatoms. The van der Waals surface area contributed by atoms with E-state index < -0.39 is 0 Å². The first-order valence-electron chi connectivity index (χ1n) is 6.59. The Morgan fingerprint density at radius 2 is 1.45 bits per heavy atom. The molecule has 0 aliphatic heterocycles. The standard InChI is InChI=1S/C18H15NO/c1-3-7-15(8-4-1)14-20-18-11-17(12-19-13-18)16-9-5-2-6-10-16/h1-13H,14H2. The first-order chi connectivity index (χ1) is 9.92. The number of hydrogen-bond donors (Lipinski definition) is 0. The molecular weight excluding hydrogens is 246 g/mol. The minimum atomic E-state index is 0.556. The molecule has 0 aliphatic rings. The smallest absolute Gasteiger partial charge is 0.138 e. The Labute approximate surface area is 118 Å². The van der Waals surface area contributed by atoms with Crippen molar-refractivity contribution in [2.24, 2.45) is 0 Å². The molecule has 0 amide bonds. The van der Waals surface area contributed by atoms with Crippen LogP contribution in [0.4, 0.5) is 0 Å². The van der Waals surface area contributed by atoms with Crippen molar-refractivity contribution in [1.82, 2.24) is 4.98 Å². The van der Waals surface area contributed by atoms with Crippen LogP contribution >= 0.6 is 0 Å². The van der Waals surface area contributed by atoms with Crippen LogP contribution in [0.25, 0.3) is 11.1 Å². The molecular formula is C18H15NO. The van der Waals surface area contributed by atoms with Crippen molar-refractivity contribution in [3.63, 3.8) is 0 Å². The van der Waals surface area contributed by atoms with Crippen LogP contribution < -0.4 is 4.74 Å². The van der Waals surface area contributed by atoms with Crippen molar-refractivity contribution in [3.8, 4) is 16.9 Å². The molecule has 3 rings (SSSR count). The lowest BCUT2D eigenvalue weighted by molar-refractivity contribution is 0.305. The van der Waals surface area contributed by atoms with Crippen molar-refractivity contribution in [3.05, 3.63) is 84.7 Å². The maximum Gasteiger partial charge on any atom is 0.138 e. The molecule has 98 valence electrons. The predicted octanol–water partition coefficient (Wildman–Crippen LogP) is 4.33. The molecule has 0 spiro atoms. The van der Waals surface area contributed by atoms with Gasteiger partial charge in [0.25, 0.3) is 0 Å². The van der Waals surface area contributed by atoms with Gasteiger partial charge in [0.1, 0.15) is 12.4 Å². The van der Waals surface area contributed by atoms with Crippen LogP contribution in [0.15, 0.2) is 79.1 Å². The molecule has 20 heavy (non-hydrogen) atoms. The number of nitrogens with zero attached hydrogens (tertiary/aromatic N) is 1. The molecule has 0 bridgehead atoms. The van der Waals surface area contributed by atoms with E-state index in [9.17, 15) is 0 Å². The highest BCUT2D eigenvalue weighted by atomic mass is 16.5. The van der Waals surface area contributed by atoms with Gasteiger partial charge in [0, 0.05) is 11.8 Å². The Hall–Kier alpha value is -2.61. The van der Waals surface area contributed by atoms with Gasteiger partial charge < -0.3 is 4.74 Å². The van der Waals surface area contributed by atoms with Gasteiger partial charge in [-0.1, -0.05) is 60.7 Å². The zero-order chi connectivity index (χ0) is 13.6. The third-order valence-electron chi connectivity index (χ3n) is 3.07. The van der Waals surface area contributed by atoms with Gasteiger partial charge in [0.2, 0.25) is 0 Å². The third-order valence-corrected chi connectivity index (χ3v) is 3.07. The van der Waals surface area contributed by atoms with Gasteiger partial charge in [-0.3, -0.25) is 4.98 Å². The Bertz CT molecular complexity index is 665. The molecule has 0 saturated carbocycles. The molecule has 1 aromatic heterocycles. The summed E-state index contributed by atoms with van der Waals surface area (Å²) in [7, 11) is 0. The molecule has 0 N–H and O–H groups in total. The normalized spacial score (nSPS) is 10.2. The van der Waals surface area contributed by atoms with E-state index in [0.717, 1.165) is 22.4 Å². The summed E-state index contributed by atoms with van der Waals surface area (Å²) >= 11 is 0. The average Bonchev–Trinajstić information content (AvgIpc) is 2.55. The van der Waals surface area contributed by atoms with Crippen molar-refractivity contribution < 1.29 is 4.74 Å². The SMILES string of the molecule is c1ccc(COc2cncc(-c3ccccc3)c2)cc1. The lowest BCUT2D eigenvalue weighted by Gasteiger charge is -2.07. The van der Waals surface area contributed by atoms with Crippen molar-refractivity contribution in [1.29, 1.82) is 0 Å². The van der Waals surface area contributed by atoms with Crippen LogP contribution in [0, 0.1) is 0 Å². The topological polar surface area (TPSA) is 22.1 Å². The Morgan fingerprint density at radius 3 is 2.20 bits per heavy atom. The van der Waals surface area contributed by atoms with Gasteiger partial charge in [0.15, 0.2) is 0 Å². The second kappa shape index (κ2) is 6.02. The predicted molar refractivity (Wildman–Crippen MR) is 80.4 cm³/mol. The average molecular weight is 261 g/mol. The maximum atomic E-state index is 5.79. The van der Waals surface area contributed by atoms with Gasteiger partial charge in [-0.2, -0.15) is 0 Å². The van der Waals surface area contributed by atoms with E-state index in [1.165, 1.54) is 0 Å². The summed E-state index contributed by atoms with van der Waals surface area (Å²) < 4.78 is 5.79. The zero-order valence-corrected chi connectivity index (χ0v) is 11.1. The van der Waals surface area contributed by atoms with Gasteiger partial charge in [0.05, 0.1) is 6.20 Å². The van der Waals surface area contributed by atoms with Gasteiger partial charge >= 0.3 is 0 Å². The molecule has 0 fully saturated rings. The number of pyridine rings is 1. The summed E-state index contributed by atoms with van der Waals surface area (Å²) in [4.78, 5) is 4.25. The first kappa shape index (κ1) is 12.4. The number of hydrogen-bond acceptors (Lipinski definition) is 2. The summed E-state index contributed by atoms with van der Waals surface area (Å²) in [5.74, 6) is 0.787. The highest BCUT2D eigenvalue weighted by molar-refractivity contribution is 5.63. The van der Waals surface area contributed by atoms with E-state index >= 15 is 0 Å². The van der Waals surface area contributed by atoms with E-state index in [4.69, 9.17) is 4.74 Å². The van der Waals surface area contributed by atoms with Gasteiger partial charge in [-0.15, -0.1) is 0 Å². The lowest BCUT2D eigenvalue weighted by Crippen LogP contribution is -1.95. The molecule has 0 saturated heterocycles. The van der Waals surface area contributed by atoms with Crippen LogP contribution in [0.1, 0.15) is 5.56 Å². The highest BCUT2D eigenvalue weighted by Gasteiger charge is 2.01. The van der Waals surface area contributed by atoms with E-state index in [2.05, 4.69) is 29.2 Å². The van der Waals surface area contributed by atoms with Crippen LogP contribution in [0.2, 0.25) is 0 Å². The third kappa shape index (κ3) is 3.04. The van der Waals surface area contributed by atoms with Crippen LogP contribution in [-0.2, 0) is 6.61 Å². The maximum absolute atomic E-state index is 5.79. The number of ether oxygens (including phenoxy) is 1. The van der Waals surface area contributed by atoms with E-state index in [1.807, 2.05) is 48.7 Å². The zero-order valence-electron chi connectivity index (χ0n) is 11.1. The molecule has 2 aromatic carbocycles. The van der Waals surface area contributed by atoms with E-state index in [-0.39, 0.29) is 0 Å². The molecule has 1 heterocycles. The Kier molecular flexibility index (Phi) is 3.74. The largest absolute Gasteiger partial charge is 0.487 e. The number of rotatable bonds is 4. The Morgan fingerprint density at radius 1 is 0.750 bits per heavy atom. The van der Waals surface area contributed by atoms with Crippen LogP contribution in [0.5, 0.6) is 5.75 Å². The fraction of sp³-hybridized carbons (Fsp3) is 0.0556. The van der Waals surface area contributed by atoms with E-state index in [1.54, 1.807) is 6.20 Å². The lowest BCUT2D eigenvalue weighted by atomic mass is 10.1. The number of benzene rings is 2. The molecule has 3 aromatic rings. The minimum absolute atomic E-state index is 0.556. The summed E-state index contributed by atoms with van der Waals surface area (Å²) in [6, 6.07) is 22.3. The van der Waals surface area contributed by atoms with Gasteiger partial charge in [-0.05, 0) is 17.2 Å². The monoisotopic (exact) mass is 261 g/mol. The van der Waals surface area contributed by atoms with E-state index in [0.29, 0.717) is 6.61 Å². The summed E-state index contributed by atoms with van der Waals surface area (Å²) in [6.45, 7) is 0.556. The first-order valence-corrected chi connectivity index (χ1v) is 6.59. The van der Waals surface area contributed by atoms with Crippen molar-refractivity contribution >= 4 is 0 Å².